The summed E-state index contributed by atoms with van der Waals surface area (Å²) in [5, 5.41) is 2.22. The number of para-hydroxylation sites is 1. The third-order valence-corrected chi connectivity index (χ3v) is 10.2. The summed E-state index contributed by atoms with van der Waals surface area (Å²) in [6, 6.07) is 10.6. The number of carbonyl (C=O) groups is 1. The Morgan fingerprint density at radius 2 is 1.87 bits per heavy atom. The number of morpholine rings is 1. The molecule has 1 amide bonds. The van der Waals surface area contributed by atoms with Crippen LogP contribution in [-0.2, 0) is 19.3 Å². The molecule has 38 heavy (non-hydrogen) atoms. The lowest BCUT2D eigenvalue weighted by atomic mass is 10.2. The lowest BCUT2D eigenvalue weighted by molar-refractivity contribution is 0.0985. The molecule has 3 fully saturated rings. The third-order valence-electron chi connectivity index (χ3n) is 7.13. The number of rotatable bonds is 7. The van der Waals surface area contributed by atoms with Crippen molar-refractivity contribution in [3.05, 3.63) is 54.5 Å². The predicted octanol–water partition coefficient (Wildman–Crippen LogP) is 3.34. The van der Waals surface area contributed by atoms with Crippen LogP contribution in [0.5, 0.6) is 5.75 Å². The molecule has 198 valence electrons. The number of carbonyl (C=O) groups excluding carboxylic acids is 1. The van der Waals surface area contributed by atoms with Crippen LogP contribution in [0.2, 0.25) is 0 Å². The number of sulfone groups is 1. The van der Waals surface area contributed by atoms with Crippen molar-refractivity contribution in [3.63, 3.8) is 0 Å². The van der Waals surface area contributed by atoms with Gasteiger partial charge in [-0.05, 0) is 44.7 Å². The summed E-state index contributed by atoms with van der Waals surface area (Å²) in [6.07, 6.45) is 4.84. The number of ether oxygens (including phenoxy) is 2. The van der Waals surface area contributed by atoms with Gasteiger partial charge in [-0.2, -0.15) is 0 Å². The zero-order valence-corrected chi connectivity index (χ0v) is 21.7. The molecule has 3 heterocycles. The van der Waals surface area contributed by atoms with E-state index in [1.165, 1.54) is 12.4 Å². The molecule has 1 aromatic carbocycles. The molecule has 1 aliphatic heterocycles. The van der Waals surface area contributed by atoms with E-state index in [4.69, 9.17) is 19.4 Å². The fourth-order valence-corrected chi connectivity index (χ4v) is 7.19. The van der Waals surface area contributed by atoms with E-state index >= 15 is 0 Å². The van der Waals surface area contributed by atoms with E-state index in [9.17, 15) is 13.2 Å². The highest BCUT2D eigenvalue weighted by molar-refractivity contribution is 7.93. The minimum absolute atomic E-state index is 0.0582. The van der Waals surface area contributed by atoms with Gasteiger partial charge in [0.05, 0.1) is 35.8 Å². The van der Waals surface area contributed by atoms with Crippen LogP contribution in [0.1, 0.15) is 38.3 Å². The van der Waals surface area contributed by atoms with Crippen molar-refractivity contribution in [3.8, 4) is 17.1 Å². The number of hydrogen-bond donors (Lipinski definition) is 1. The highest BCUT2D eigenvalue weighted by Gasteiger charge is 2.61. The van der Waals surface area contributed by atoms with Gasteiger partial charge in [-0.3, -0.25) is 5.32 Å². The Morgan fingerprint density at radius 1 is 1.13 bits per heavy atom. The van der Waals surface area contributed by atoms with Gasteiger partial charge in [0.2, 0.25) is 5.95 Å². The SMILES string of the molecule is C[C@H]1COCCN1c1cc(C2(S(=O)(=O)C3CC3)CC2)nc(-c2cnc(NC(=O)Oc3ccccc3)nc2)n1. The topological polar surface area (TPSA) is 136 Å². The van der Waals surface area contributed by atoms with Crippen LogP contribution in [-0.4, -0.2) is 65.5 Å². The van der Waals surface area contributed by atoms with Crippen molar-refractivity contribution < 1.29 is 22.7 Å². The second-order valence-electron chi connectivity index (χ2n) is 9.91. The number of amides is 1. The van der Waals surface area contributed by atoms with E-state index < -0.39 is 20.7 Å². The highest BCUT2D eigenvalue weighted by Crippen LogP contribution is 2.57. The second-order valence-corrected chi connectivity index (χ2v) is 12.5. The first-order valence-electron chi connectivity index (χ1n) is 12.7. The molecule has 11 nitrogen and oxygen atoms in total. The third kappa shape index (κ3) is 4.69. The van der Waals surface area contributed by atoms with Gasteiger partial charge < -0.3 is 14.4 Å². The van der Waals surface area contributed by atoms with Crippen molar-refractivity contribution in [2.45, 2.75) is 48.6 Å². The molecule has 0 unspecified atom stereocenters. The number of aromatic nitrogens is 4. The quantitative estimate of drug-likeness (QED) is 0.479. The van der Waals surface area contributed by atoms with Crippen LogP contribution in [0.3, 0.4) is 0 Å². The smallest absolute Gasteiger partial charge is 0.410 e. The summed E-state index contributed by atoms with van der Waals surface area (Å²) in [6.45, 7) is 3.81. The van der Waals surface area contributed by atoms with E-state index in [-0.39, 0.29) is 17.2 Å². The molecule has 0 bridgehead atoms. The summed E-state index contributed by atoms with van der Waals surface area (Å²) in [5.41, 5.74) is 1.03. The molecule has 6 rings (SSSR count). The molecule has 1 atom stereocenters. The maximum Gasteiger partial charge on any atom is 0.419 e. The monoisotopic (exact) mass is 536 g/mol. The lowest BCUT2D eigenvalue weighted by Crippen LogP contribution is -2.44. The van der Waals surface area contributed by atoms with Gasteiger partial charge >= 0.3 is 6.09 Å². The van der Waals surface area contributed by atoms with Gasteiger partial charge in [-0.15, -0.1) is 0 Å². The Bertz CT molecular complexity index is 1440. The van der Waals surface area contributed by atoms with Gasteiger partial charge in [0, 0.05) is 25.0 Å². The first kappa shape index (κ1) is 24.7. The van der Waals surface area contributed by atoms with Crippen LogP contribution in [0.25, 0.3) is 11.4 Å². The summed E-state index contributed by atoms with van der Waals surface area (Å²) in [4.78, 5) is 32.3. The Balaban J connectivity index is 1.30. The normalized spacial score (nSPS) is 20.6. The van der Waals surface area contributed by atoms with Gasteiger partial charge in [-0.1, -0.05) is 18.2 Å². The van der Waals surface area contributed by atoms with Crippen molar-refractivity contribution in [1.82, 2.24) is 19.9 Å². The van der Waals surface area contributed by atoms with Crippen LogP contribution < -0.4 is 15.0 Å². The van der Waals surface area contributed by atoms with E-state index in [1.807, 2.05) is 19.1 Å². The largest absolute Gasteiger partial charge is 0.419 e. The molecule has 1 N–H and O–H groups in total. The Morgan fingerprint density at radius 3 is 2.53 bits per heavy atom. The van der Waals surface area contributed by atoms with Crippen LogP contribution in [0, 0.1) is 0 Å². The van der Waals surface area contributed by atoms with Crippen LogP contribution >= 0.6 is 0 Å². The Labute approximate surface area is 220 Å². The molecule has 2 aliphatic carbocycles. The molecule has 3 aromatic rings. The molecule has 0 spiro atoms. The second kappa shape index (κ2) is 9.59. The van der Waals surface area contributed by atoms with E-state index in [1.54, 1.807) is 24.3 Å². The summed E-state index contributed by atoms with van der Waals surface area (Å²) >= 11 is 0. The molecular weight excluding hydrogens is 508 g/mol. The zero-order valence-electron chi connectivity index (χ0n) is 20.9. The highest BCUT2D eigenvalue weighted by atomic mass is 32.2. The Kier molecular flexibility index (Phi) is 6.23. The maximum absolute atomic E-state index is 13.4. The molecule has 3 aliphatic rings. The minimum Gasteiger partial charge on any atom is -0.410 e. The lowest BCUT2D eigenvalue weighted by Gasteiger charge is -2.34. The molecule has 1 saturated heterocycles. The average Bonchev–Trinajstić information content (AvgIpc) is 3.83. The van der Waals surface area contributed by atoms with Crippen molar-refractivity contribution in [2.75, 3.05) is 30.0 Å². The first-order chi connectivity index (χ1) is 18.4. The number of hydrogen-bond acceptors (Lipinski definition) is 10. The molecule has 2 aromatic heterocycles. The van der Waals surface area contributed by atoms with Crippen molar-refractivity contribution in [2.24, 2.45) is 0 Å². The predicted molar refractivity (Wildman–Crippen MR) is 140 cm³/mol. The van der Waals surface area contributed by atoms with Crippen molar-refractivity contribution in [1.29, 1.82) is 0 Å². The average molecular weight is 537 g/mol. The maximum atomic E-state index is 13.4. The summed E-state index contributed by atoms with van der Waals surface area (Å²) in [7, 11) is -3.34. The standard InChI is InChI=1S/C26H28N6O5S/c1-17-16-36-12-11-32(17)22-13-21(26(9-10-26)38(34,35)20-7-8-20)29-23(30-22)18-14-27-24(28-15-18)31-25(33)37-19-5-3-2-4-6-19/h2-6,13-15,17,20H,7-12,16H2,1H3,(H,27,28,31,33)/t17-/m0/s1. The summed E-state index contributed by atoms with van der Waals surface area (Å²) in [5.74, 6) is 1.45. The number of nitrogens with one attached hydrogen (secondary N) is 1. The molecule has 12 heteroatoms. The fraction of sp³-hybridized carbons (Fsp3) is 0.423. The Hall–Kier alpha value is -3.64. The fourth-order valence-electron chi connectivity index (χ4n) is 4.73. The van der Waals surface area contributed by atoms with E-state index in [0.717, 1.165) is 0 Å². The van der Waals surface area contributed by atoms with E-state index in [0.29, 0.717) is 74.1 Å². The molecule has 0 radical (unpaired) electrons. The van der Waals surface area contributed by atoms with Gasteiger partial charge in [0.25, 0.3) is 0 Å². The number of nitrogens with zero attached hydrogens (tertiary/aromatic N) is 5. The van der Waals surface area contributed by atoms with Gasteiger partial charge in [0.1, 0.15) is 16.3 Å². The van der Waals surface area contributed by atoms with Gasteiger partial charge in [0.15, 0.2) is 15.7 Å². The van der Waals surface area contributed by atoms with Gasteiger partial charge in [-0.25, -0.2) is 33.1 Å². The molecular formula is C26H28N6O5S. The number of benzene rings is 1. The zero-order chi connectivity index (χ0) is 26.3. The minimum atomic E-state index is -3.34. The first-order valence-corrected chi connectivity index (χ1v) is 14.2. The summed E-state index contributed by atoms with van der Waals surface area (Å²) < 4.78 is 36.6. The van der Waals surface area contributed by atoms with Crippen molar-refractivity contribution >= 4 is 27.7 Å². The number of anilines is 2. The van der Waals surface area contributed by atoms with Crippen LogP contribution in [0.4, 0.5) is 16.6 Å². The van der Waals surface area contributed by atoms with E-state index in [2.05, 4.69) is 20.2 Å². The van der Waals surface area contributed by atoms with Crippen LogP contribution in [0.15, 0.2) is 48.8 Å². The molecule has 2 saturated carbocycles.